The topological polar surface area (TPSA) is 55.1 Å². The molecule has 0 aromatic carbocycles. The molecule has 1 aliphatic carbocycles. The van der Waals surface area contributed by atoms with Crippen LogP contribution in [0.25, 0.3) is 0 Å². The van der Waals surface area contributed by atoms with Gasteiger partial charge in [-0.25, -0.2) is 0 Å². The van der Waals surface area contributed by atoms with Gasteiger partial charge < -0.3 is 11.1 Å². The Kier molecular flexibility index (Phi) is 3.30. The van der Waals surface area contributed by atoms with Crippen LogP contribution < -0.4 is 11.1 Å². The Morgan fingerprint density at radius 3 is 3.00 bits per heavy atom. The van der Waals surface area contributed by atoms with Gasteiger partial charge in [-0.3, -0.25) is 4.79 Å². The predicted molar refractivity (Wildman–Crippen MR) is 66.3 cm³/mol. The SMILES string of the molecule is CC(N)(C(=O)NCCc1ccsc1)C1CC1. The lowest BCUT2D eigenvalue weighted by Crippen LogP contribution is -2.53. The van der Waals surface area contributed by atoms with Crippen molar-refractivity contribution >= 4 is 17.2 Å². The van der Waals surface area contributed by atoms with Gasteiger partial charge in [0.25, 0.3) is 0 Å². The van der Waals surface area contributed by atoms with Gasteiger partial charge in [0.15, 0.2) is 0 Å². The first kappa shape index (κ1) is 11.6. The smallest absolute Gasteiger partial charge is 0.240 e. The summed E-state index contributed by atoms with van der Waals surface area (Å²) < 4.78 is 0. The van der Waals surface area contributed by atoms with Gasteiger partial charge in [-0.2, -0.15) is 11.3 Å². The number of carbonyl (C=O) groups excluding carboxylic acids is 1. The number of nitrogens with two attached hydrogens (primary N) is 1. The van der Waals surface area contributed by atoms with Crippen molar-refractivity contribution in [3.05, 3.63) is 22.4 Å². The summed E-state index contributed by atoms with van der Waals surface area (Å²) in [5.74, 6) is 0.374. The molecule has 0 radical (unpaired) electrons. The maximum atomic E-state index is 11.8. The molecule has 3 nitrogen and oxygen atoms in total. The van der Waals surface area contributed by atoms with E-state index < -0.39 is 5.54 Å². The number of hydrogen-bond donors (Lipinski definition) is 2. The van der Waals surface area contributed by atoms with Gasteiger partial charge >= 0.3 is 0 Å². The van der Waals surface area contributed by atoms with E-state index in [0.29, 0.717) is 12.5 Å². The lowest BCUT2D eigenvalue weighted by molar-refractivity contribution is -0.126. The Hall–Kier alpha value is -0.870. The van der Waals surface area contributed by atoms with Gasteiger partial charge in [-0.1, -0.05) is 0 Å². The van der Waals surface area contributed by atoms with Crippen LogP contribution in [-0.2, 0) is 11.2 Å². The summed E-state index contributed by atoms with van der Waals surface area (Å²) in [6, 6.07) is 2.08. The summed E-state index contributed by atoms with van der Waals surface area (Å²) in [5.41, 5.74) is 6.62. The fraction of sp³-hybridized carbons (Fsp3) is 0.583. The third-order valence-electron chi connectivity index (χ3n) is 3.19. The van der Waals surface area contributed by atoms with Crippen molar-refractivity contribution < 1.29 is 4.79 Å². The molecule has 0 bridgehead atoms. The van der Waals surface area contributed by atoms with Gasteiger partial charge in [0.2, 0.25) is 5.91 Å². The molecule has 4 heteroatoms. The van der Waals surface area contributed by atoms with Gasteiger partial charge in [-0.05, 0) is 54.5 Å². The monoisotopic (exact) mass is 238 g/mol. The van der Waals surface area contributed by atoms with E-state index in [1.807, 2.05) is 6.92 Å². The average molecular weight is 238 g/mol. The van der Waals surface area contributed by atoms with E-state index >= 15 is 0 Å². The minimum Gasteiger partial charge on any atom is -0.354 e. The third-order valence-corrected chi connectivity index (χ3v) is 3.93. The zero-order valence-electron chi connectivity index (χ0n) is 9.53. The van der Waals surface area contributed by atoms with Crippen LogP contribution in [0.1, 0.15) is 25.3 Å². The van der Waals surface area contributed by atoms with Crippen LogP contribution in [0, 0.1) is 5.92 Å². The molecule has 3 N–H and O–H groups in total. The standard InChI is InChI=1S/C12H18N2OS/c1-12(13,10-2-3-10)11(15)14-6-4-9-5-7-16-8-9/h5,7-8,10H,2-4,6,13H2,1H3,(H,14,15). The Morgan fingerprint density at radius 1 is 1.69 bits per heavy atom. The molecule has 1 amide bonds. The van der Waals surface area contributed by atoms with Crippen molar-refractivity contribution in [2.75, 3.05) is 6.54 Å². The molecule has 1 unspecified atom stereocenters. The zero-order valence-corrected chi connectivity index (χ0v) is 10.3. The van der Waals surface area contributed by atoms with Crippen molar-refractivity contribution in [2.24, 2.45) is 11.7 Å². The molecular weight excluding hydrogens is 220 g/mol. The largest absolute Gasteiger partial charge is 0.354 e. The van der Waals surface area contributed by atoms with Crippen LogP contribution >= 0.6 is 11.3 Å². The summed E-state index contributed by atoms with van der Waals surface area (Å²) in [6.45, 7) is 2.51. The molecule has 1 atom stereocenters. The second-order valence-corrected chi connectivity index (χ2v) is 5.47. The molecule has 2 rings (SSSR count). The van der Waals surface area contributed by atoms with Crippen molar-refractivity contribution in [1.29, 1.82) is 0 Å². The molecule has 1 aliphatic rings. The number of thiophene rings is 1. The molecule has 16 heavy (non-hydrogen) atoms. The predicted octanol–water partition coefficient (Wildman–Crippen LogP) is 1.53. The second kappa shape index (κ2) is 4.55. The Labute approximate surface area is 100 Å². The van der Waals surface area contributed by atoms with Crippen LogP contribution in [0.3, 0.4) is 0 Å². The Balaban J connectivity index is 1.75. The molecule has 88 valence electrons. The van der Waals surface area contributed by atoms with Gasteiger partial charge in [-0.15, -0.1) is 0 Å². The van der Waals surface area contributed by atoms with E-state index in [2.05, 4.69) is 22.1 Å². The fourth-order valence-corrected chi connectivity index (χ4v) is 2.52. The number of nitrogens with one attached hydrogen (secondary N) is 1. The highest BCUT2D eigenvalue weighted by atomic mass is 32.1. The zero-order chi connectivity index (χ0) is 11.6. The normalized spacial score (nSPS) is 19.1. The average Bonchev–Trinajstić information content (AvgIpc) is 2.99. The molecule has 0 aliphatic heterocycles. The van der Waals surface area contributed by atoms with Gasteiger partial charge in [0.05, 0.1) is 5.54 Å². The third kappa shape index (κ3) is 2.62. The highest BCUT2D eigenvalue weighted by molar-refractivity contribution is 7.07. The minimum absolute atomic E-state index is 0.00905. The van der Waals surface area contributed by atoms with Crippen LogP contribution in [0.4, 0.5) is 0 Å². The maximum absolute atomic E-state index is 11.8. The fourth-order valence-electron chi connectivity index (χ4n) is 1.81. The van der Waals surface area contributed by atoms with Crippen molar-refractivity contribution in [3.63, 3.8) is 0 Å². The molecule has 1 heterocycles. The molecular formula is C12H18N2OS. The van der Waals surface area contributed by atoms with Crippen LogP contribution in [0.2, 0.25) is 0 Å². The molecule has 1 saturated carbocycles. The molecule has 1 fully saturated rings. The van der Waals surface area contributed by atoms with Crippen LogP contribution in [-0.4, -0.2) is 18.0 Å². The quantitative estimate of drug-likeness (QED) is 0.817. The highest BCUT2D eigenvalue weighted by Crippen LogP contribution is 2.38. The molecule has 0 saturated heterocycles. The first-order chi connectivity index (χ1) is 7.60. The highest BCUT2D eigenvalue weighted by Gasteiger charge is 2.43. The lowest BCUT2D eigenvalue weighted by Gasteiger charge is -2.23. The minimum atomic E-state index is -0.672. The van der Waals surface area contributed by atoms with E-state index in [0.717, 1.165) is 19.3 Å². The maximum Gasteiger partial charge on any atom is 0.240 e. The van der Waals surface area contributed by atoms with Gasteiger partial charge in [0, 0.05) is 6.54 Å². The number of hydrogen-bond acceptors (Lipinski definition) is 3. The van der Waals surface area contributed by atoms with E-state index in [-0.39, 0.29) is 5.91 Å². The number of carbonyl (C=O) groups is 1. The van der Waals surface area contributed by atoms with Crippen LogP contribution in [0.15, 0.2) is 16.8 Å². The van der Waals surface area contributed by atoms with Crippen molar-refractivity contribution in [2.45, 2.75) is 31.7 Å². The van der Waals surface area contributed by atoms with E-state index in [9.17, 15) is 4.79 Å². The van der Waals surface area contributed by atoms with E-state index in [4.69, 9.17) is 5.73 Å². The summed E-state index contributed by atoms with van der Waals surface area (Å²) >= 11 is 1.68. The summed E-state index contributed by atoms with van der Waals surface area (Å²) in [6.07, 6.45) is 3.06. The molecule has 1 aromatic rings. The lowest BCUT2D eigenvalue weighted by atomic mass is 9.96. The first-order valence-corrected chi connectivity index (χ1v) is 6.63. The van der Waals surface area contributed by atoms with E-state index in [1.54, 1.807) is 11.3 Å². The first-order valence-electron chi connectivity index (χ1n) is 5.69. The molecule has 0 spiro atoms. The summed E-state index contributed by atoms with van der Waals surface area (Å²) in [7, 11) is 0. The van der Waals surface area contributed by atoms with Crippen molar-refractivity contribution in [1.82, 2.24) is 5.32 Å². The van der Waals surface area contributed by atoms with Gasteiger partial charge in [0.1, 0.15) is 0 Å². The van der Waals surface area contributed by atoms with E-state index in [1.165, 1.54) is 5.56 Å². The summed E-state index contributed by atoms with van der Waals surface area (Å²) in [4.78, 5) is 11.8. The second-order valence-electron chi connectivity index (χ2n) is 4.69. The summed E-state index contributed by atoms with van der Waals surface area (Å²) in [5, 5.41) is 7.08. The Bertz CT molecular complexity index is 355. The number of amides is 1. The van der Waals surface area contributed by atoms with Crippen molar-refractivity contribution in [3.8, 4) is 0 Å². The van der Waals surface area contributed by atoms with Crippen LogP contribution in [0.5, 0.6) is 0 Å². The Morgan fingerprint density at radius 2 is 2.44 bits per heavy atom. The number of rotatable bonds is 5. The molecule has 1 aromatic heterocycles.